The van der Waals surface area contributed by atoms with Crippen LogP contribution in [0.25, 0.3) is 0 Å². The molecule has 27 heavy (non-hydrogen) atoms. The fraction of sp³-hybridized carbons (Fsp3) is 0.556. The summed E-state index contributed by atoms with van der Waals surface area (Å²) in [6, 6.07) is 4.10. The summed E-state index contributed by atoms with van der Waals surface area (Å²) in [6.45, 7) is 2.29. The number of benzene rings is 1. The molecule has 3 aliphatic heterocycles. The molecule has 0 aliphatic carbocycles. The van der Waals surface area contributed by atoms with Gasteiger partial charge in [-0.3, -0.25) is 9.59 Å². The predicted octanol–water partition coefficient (Wildman–Crippen LogP) is 0.217. The molecule has 4 rings (SSSR count). The molecule has 1 aromatic carbocycles. The molecule has 0 saturated carbocycles. The van der Waals surface area contributed by atoms with Gasteiger partial charge < -0.3 is 14.5 Å². The predicted molar refractivity (Wildman–Crippen MR) is 97.9 cm³/mol. The third-order valence-corrected chi connectivity index (χ3v) is 7.45. The molecular weight excluding hydrogens is 370 g/mol. The molecule has 8 nitrogen and oxygen atoms in total. The van der Waals surface area contributed by atoms with Gasteiger partial charge in [-0.05, 0) is 36.6 Å². The fourth-order valence-electron chi connectivity index (χ4n) is 4.01. The molecule has 2 fully saturated rings. The van der Waals surface area contributed by atoms with E-state index in [1.165, 1.54) is 15.3 Å². The van der Waals surface area contributed by atoms with Gasteiger partial charge in [-0.1, -0.05) is 0 Å². The van der Waals surface area contributed by atoms with E-state index in [1.807, 2.05) is 0 Å². The first kappa shape index (κ1) is 18.4. The highest BCUT2D eigenvalue weighted by Gasteiger charge is 2.41. The van der Waals surface area contributed by atoms with Gasteiger partial charge in [-0.2, -0.15) is 4.31 Å². The fourth-order valence-corrected chi connectivity index (χ4v) is 5.71. The Balaban J connectivity index is 1.60. The first-order valence-corrected chi connectivity index (χ1v) is 10.6. The number of likely N-dealkylation sites (N-methyl/N-ethyl adjacent to an activating group) is 1. The highest BCUT2D eigenvalue weighted by molar-refractivity contribution is 7.89. The minimum atomic E-state index is -3.80. The molecule has 3 heterocycles. The number of hydrogen-bond donors (Lipinski definition) is 0. The van der Waals surface area contributed by atoms with Crippen LogP contribution in [0.2, 0.25) is 0 Å². The summed E-state index contributed by atoms with van der Waals surface area (Å²) in [5, 5.41) is 0. The first-order valence-electron chi connectivity index (χ1n) is 9.17. The van der Waals surface area contributed by atoms with Crippen LogP contribution in [0.1, 0.15) is 18.4 Å². The van der Waals surface area contributed by atoms with Crippen LogP contribution in [0.5, 0.6) is 0 Å². The molecule has 3 aliphatic rings. The Labute approximate surface area is 158 Å². The number of amides is 2. The molecule has 2 saturated heterocycles. The molecule has 0 N–H and O–H groups in total. The molecule has 0 bridgehead atoms. The summed E-state index contributed by atoms with van der Waals surface area (Å²) in [7, 11) is -2.12. The van der Waals surface area contributed by atoms with Gasteiger partial charge in [-0.15, -0.1) is 0 Å². The van der Waals surface area contributed by atoms with Gasteiger partial charge >= 0.3 is 0 Å². The van der Waals surface area contributed by atoms with Crippen molar-refractivity contribution in [3.05, 3.63) is 23.8 Å². The Bertz CT molecular complexity index is 879. The number of fused-ring (bicyclic) bond motifs is 1. The van der Waals surface area contributed by atoms with Crippen molar-refractivity contribution in [1.29, 1.82) is 0 Å². The molecular formula is C18H23N3O5S. The summed E-state index contributed by atoms with van der Waals surface area (Å²) in [4.78, 5) is 28.1. The highest BCUT2D eigenvalue weighted by Crippen LogP contribution is 2.33. The van der Waals surface area contributed by atoms with E-state index < -0.39 is 16.1 Å². The number of anilines is 1. The van der Waals surface area contributed by atoms with Crippen LogP contribution in [0.4, 0.5) is 5.69 Å². The number of morpholine rings is 1. The quantitative estimate of drug-likeness (QED) is 0.733. The SMILES string of the molecule is CN1C(=O)Cc2cc(S(=O)(=O)N3CCC[C@H]3C(=O)N3CCOCC3)ccc21. The highest BCUT2D eigenvalue weighted by atomic mass is 32.2. The average molecular weight is 393 g/mol. The monoisotopic (exact) mass is 393 g/mol. The van der Waals surface area contributed by atoms with E-state index >= 15 is 0 Å². The van der Waals surface area contributed by atoms with Crippen LogP contribution in [0.15, 0.2) is 23.1 Å². The van der Waals surface area contributed by atoms with Crippen molar-refractivity contribution in [3.8, 4) is 0 Å². The van der Waals surface area contributed by atoms with E-state index in [9.17, 15) is 18.0 Å². The molecule has 146 valence electrons. The van der Waals surface area contributed by atoms with E-state index in [2.05, 4.69) is 0 Å². The summed E-state index contributed by atoms with van der Waals surface area (Å²) < 4.78 is 33.1. The first-order chi connectivity index (χ1) is 12.9. The van der Waals surface area contributed by atoms with Gasteiger partial charge in [0.25, 0.3) is 0 Å². The summed E-state index contributed by atoms with van der Waals surface area (Å²) in [5.74, 6) is -0.198. The van der Waals surface area contributed by atoms with Gasteiger partial charge in [0.2, 0.25) is 21.8 Å². The molecule has 0 radical (unpaired) electrons. The zero-order chi connectivity index (χ0) is 19.2. The van der Waals surface area contributed by atoms with Crippen LogP contribution < -0.4 is 4.90 Å². The third-order valence-electron chi connectivity index (χ3n) is 5.55. The van der Waals surface area contributed by atoms with Crippen molar-refractivity contribution in [2.45, 2.75) is 30.2 Å². The second kappa shape index (κ2) is 6.88. The number of carbonyl (C=O) groups excluding carboxylic acids is 2. The normalized spacial score (nSPS) is 23.7. The van der Waals surface area contributed by atoms with Gasteiger partial charge in [0, 0.05) is 32.4 Å². The average Bonchev–Trinajstić information content (AvgIpc) is 3.27. The molecule has 2 amide bonds. The van der Waals surface area contributed by atoms with Gasteiger partial charge in [0.05, 0.1) is 24.5 Å². The Morgan fingerprint density at radius 2 is 1.93 bits per heavy atom. The summed E-state index contributed by atoms with van der Waals surface area (Å²) in [5.41, 5.74) is 1.44. The van der Waals surface area contributed by atoms with Crippen molar-refractivity contribution >= 4 is 27.5 Å². The van der Waals surface area contributed by atoms with Crippen LogP contribution in [0, 0.1) is 0 Å². The lowest BCUT2D eigenvalue weighted by Crippen LogP contribution is -2.50. The van der Waals surface area contributed by atoms with Crippen molar-refractivity contribution in [2.24, 2.45) is 0 Å². The zero-order valence-electron chi connectivity index (χ0n) is 15.3. The largest absolute Gasteiger partial charge is 0.378 e. The van der Waals surface area contributed by atoms with E-state index in [4.69, 9.17) is 4.74 Å². The molecule has 0 aromatic heterocycles. The topological polar surface area (TPSA) is 87.2 Å². The van der Waals surface area contributed by atoms with Gasteiger partial charge in [-0.25, -0.2) is 8.42 Å². The Morgan fingerprint density at radius 3 is 2.67 bits per heavy atom. The standard InChI is InChI=1S/C18H23N3O5S/c1-19-15-5-4-14(11-13(15)12-17(19)22)27(24,25)21-6-2-3-16(21)18(23)20-7-9-26-10-8-20/h4-5,11,16H,2-3,6-10,12H2,1H3/t16-/m0/s1. The third kappa shape index (κ3) is 3.13. The molecule has 9 heteroatoms. The van der Waals surface area contributed by atoms with E-state index in [0.29, 0.717) is 51.3 Å². The van der Waals surface area contributed by atoms with Crippen LogP contribution >= 0.6 is 0 Å². The lowest BCUT2D eigenvalue weighted by atomic mass is 10.2. The number of sulfonamides is 1. The second-order valence-electron chi connectivity index (χ2n) is 7.13. The van der Waals surface area contributed by atoms with E-state index in [0.717, 1.165) is 5.69 Å². The van der Waals surface area contributed by atoms with Crippen molar-refractivity contribution in [2.75, 3.05) is 44.8 Å². The van der Waals surface area contributed by atoms with E-state index in [1.54, 1.807) is 24.1 Å². The minimum absolute atomic E-state index is 0.0545. The number of ether oxygens (including phenoxy) is 1. The van der Waals surface area contributed by atoms with Crippen molar-refractivity contribution in [3.63, 3.8) is 0 Å². The Kier molecular flexibility index (Phi) is 4.69. The van der Waals surface area contributed by atoms with Crippen LogP contribution in [-0.2, 0) is 30.8 Å². The summed E-state index contributed by atoms with van der Waals surface area (Å²) >= 11 is 0. The Hall–Kier alpha value is -1.97. The Morgan fingerprint density at radius 1 is 1.19 bits per heavy atom. The molecule has 0 spiro atoms. The molecule has 1 aromatic rings. The molecule has 0 unspecified atom stereocenters. The van der Waals surface area contributed by atoms with Gasteiger partial charge in [0.1, 0.15) is 6.04 Å². The number of nitrogens with zero attached hydrogens (tertiary/aromatic N) is 3. The maximum absolute atomic E-state index is 13.2. The number of carbonyl (C=O) groups is 2. The zero-order valence-corrected chi connectivity index (χ0v) is 16.1. The van der Waals surface area contributed by atoms with Crippen molar-refractivity contribution < 1.29 is 22.7 Å². The maximum Gasteiger partial charge on any atom is 0.243 e. The second-order valence-corrected chi connectivity index (χ2v) is 9.02. The number of rotatable bonds is 3. The summed E-state index contributed by atoms with van der Waals surface area (Å²) in [6.07, 6.45) is 1.39. The molecule has 1 atom stereocenters. The maximum atomic E-state index is 13.2. The lowest BCUT2D eigenvalue weighted by Gasteiger charge is -2.32. The minimum Gasteiger partial charge on any atom is -0.378 e. The van der Waals surface area contributed by atoms with Gasteiger partial charge in [0.15, 0.2) is 0 Å². The smallest absolute Gasteiger partial charge is 0.243 e. The van der Waals surface area contributed by atoms with Crippen molar-refractivity contribution in [1.82, 2.24) is 9.21 Å². The van der Waals surface area contributed by atoms with E-state index in [-0.39, 0.29) is 23.1 Å². The number of hydrogen-bond acceptors (Lipinski definition) is 5. The van der Waals surface area contributed by atoms with Crippen LogP contribution in [0.3, 0.4) is 0 Å². The van der Waals surface area contributed by atoms with Crippen LogP contribution in [-0.4, -0.2) is 75.4 Å². The lowest BCUT2D eigenvalue weighted by molar-refractivity contribution is -0.138.